The maximum Gasteiger partial charge on any atom is 0.317 e. The van der Waals surface area contributed by atoms with Crippen LogP contribution in [0.4, 0.5) is 4.79 Å². The molecule has 0 aliphatic heterocycles. The summed E-state index contributed by atoms with van der Waals surface area (Å²) in [6.07, 6.45) is 3.19. The van der Waals surface area contributed by atoms with Gasteiger partial charge in [-0.15, -0.1) is 0 Å². The minimum atomic E-state index is -0.880. The van der Waals surface area contributed by atoms with Crippen molar-refractivity contribution in [1.82, 2.24) is 10.2 Å². The minimum absolute atomic E-state index is 0.0110. The van der Waals surface area contributed by atoms with Crippen molar-refractivity contribution in [3.05, 3.63) is 0 Å². The quantitative estimate of drug-likeness (QED) is 0.774. The van der Waals surface area contributed by atoms with Crippen molar-refractivity contribution in [2.45, 2.75) is 43.9 Å². The van der Waals surface area contributed by atoms with Gasteiger partial charge in [0.25, 0.3) is 0 Å². The summed E-state index contributed by atoms with van der Waals surface area (Å²) in [6.45, 7) is 2.40. The standard InChI is InChI=1S/C12H22N2O3S/c1-3-18-10-5-4-9(8-10)13-12(17)14(2)7-6-11(15)16/h9-10H,3-8H2,1-2H3,(H,13,17)(H,15,16). The third-order valence-electron chi connectivity index (χ3n) is 3.12. The van der Waals surface area contributed by atoms with Gasteiger partial charge in [0.1, 0.15) is 0 Å². The monoisotopic (exact) mass is 274 g/mol. The fraction of sp³-hybridized carbons (Fsp3) is 0.833. The molecule has 2 N–H and O–H groups in total. The predicted octanol–water partition coefficient (Wildman–Crippen LogP) is 1.78. The molecular formula is C12H22N2O3S. The molecule has 0 radical (unpaired) electrons. The smallest absolute Gasteiger partial charge is 0.317 e. The lowest BCUT2D eigenvalue weighted by molar-refractivity contribution is -0.137. The summed E-state index contributed by atoms with van der Waals surface area (Å²) in [5.41, 5.74) is 0. The van der Waals surface area contributed by atoms with E-state index in [4.69, 9.17) is 5.11 Å². The molecule has 0 spiro atoms. The van der Waals surface area contributed by atoms with Crippen molar-refractivity contribution < 1.29 is 14.7 Å². The van der Waals surface area contributed by atoms with E-state index in [-0.39, 0.29) is 25.0 Å². The summed E-state index contributed by atoms with van der Waals surface area (Å²) >= 11 is 1.95. The van der Waals surface area contributed by atoms with Gasteiger partial charge in [0.05, 0.1) is 6.42 Å². The Labute approximate surface area is 112 Å². The largest absolute Gasteiger partial charge is 0.481 e. The van der Waals surface area contributed by atoms with E-state index in [9.17, 15) is 9.59 Å². The molecule has 2 unspecified atom stereocenters. The number of nitrogens with zero attached hydrogens (tertiary/aromatic N) is 1. The van der Waals surface area contributed by atoms with E-state index in [2.05, 4.69) is 12.2 Å². The Morgan fingerprint density at radius 1 is 1.44 bits per heavy atom. The molecule has 1 fully saturated rings. The Morgan fingerprint density at radius 2 is 2.17 bits per heavy atom. The Hall–Kier alpha value is -0.910. The first-order chi connectivity index (χ1) is 8.52. The maximum atomic E-state index is 11.8. The fourth-order valence-electron chi connectivity index (χ4n) is 2.11. The molecule has 2 atom stereocenters. The molecular weight excluding hydrogens is 252 g/mol. The van der Waals surface area contributed by atoms with Crippen LogP contribution in [0.5, 0.6) is 0 Å². The van der Waals surface area contributed by atoms with Gasteiger partial charge in [0.2, 0.25) is 0 Å². The number of aliphatic carboxylic acids is 1. The van der Waals surface area contributed by atoms with Crippen LogP contribution >= 0.6 is 11.8 Å². The third-order valence-corrected chi connectivity index (χ3v) is 4.36. The number of nitrogens with one attached hydrogen (secondary N) is 1. The minimum Gasteiger partial charge on any atom is -0.481 e. The van der Waals surface area contributed by atoms with Gasteiger partial charge < -0.3 is 15.3 Å². The number of urea groups is 1. The number of carbonyl (C=O) groups excluding carboxylic acids is 1. The third kappa shape index (κ3) is 5.16. The highest BCUT2D eigenvalue weighted by Gasteiger charge is 2.26. The second-order valence-corrected chi connectivity index (χ2v) is 6.18. The summed E-state index contributed by atoms with van der Waals surface area (Å²) in [4.78, 5) is 23.7. The van der Waals surface area contributed by atoms with Gasteiger partial charge in [-0.05, 0) is 25.0 Å². The van der Waals surface area contributed by atoms with Crippen LogP contribution in [0.25, 0.3) is 0 Å². The van der Waals surface area contributed by atoms with Crippen molar-refractivity contribution in [2.24, 2.45) is 0 Å². The SMILES string of the molecule is CCSC1CCC(NC(=O)N(C)CCC(=O)O)C1. The number of rotatable bonds is 6. The van der Waals surface area contributed by atoms with E-state index in [0.717, 1.165) is 25.0 Å². The van der Waals surface area contributed by atoms with Crippen LogP contribution in [0.1, 0.15) is 32.6 Å². The van der Waals surface area contributed by atoms with Gasteiger partial charge in [-0.3, -0.25) is 4.79 Å². The molecule has 104 valence electrons. The first kappa shape index (κ1) is 15.1. The zero-order chi connectivity index (χ0) is 13.5. The summed E-state index contributed by atoms with van der Waals surface area (Å²) in [6, 6.07) is 0.0808. The number of carbonyl (C=O) groups is 2. The maximum absolute atomic E-state index is 11.8. The second kappa shape index (κ2) is 7.51. The molecule has 6 heteroatoms. The molecule has 0 aromatic heterocycles. The summed E-state index contributed by atoms with van der Waals surface area (Å²) < 4.78 is 0. The number of amides is 2. The van der Waals surface area contributed by atoms with Crippen molar-refractivity contribution in [1.29, 1.82) is 0 Å². The van der Waals surface area contributed by atoms with Crippen molar-refractivity contribution in [2.75, 3.05) is 19.3 Å². The topological polar surface area (TPSA) is 69.6 Å². The second-order valence-electron chi connectivity index (χ2n) is 4.60. The van der Waals surface area contributed by atoms with Crippen LogP contribution in [0, 0.1) is 0 Å². The summed E-state index contributed by atoms with van der Waals surface area (Å²) in [7, 11) is 1.63. The molecule has 0 aromatic rings. The number of carboxylic acids is 1. The van der Waals surface area contributed by atoms with Gasteiger partial charge in [0, 0.05) is 24.9 Å². The zero-order valence-electron chi connectivity index (χ0n) is 11.0. The van der Waals surface area contributed by atoms with E-state index >= 15 is 0 Å². The van der Waals surface area contributed by atoms with Crippen LogP contribution in [0.15, 0.2) is 0 Å². The zero-order valence-corrected chi connectivity index (χ0v) is 11.8. The molecule has 0 heterocycles. The normalized spacial score (nSPS) is 22.8. The highest BCUT2D eigenvalue weighted by molar-refractivity contribution is 7.99. The number of hydrogen-bond acceptors (Lipinski definition) is 3. The summed E-state index contributed by atoms with van der Waals surface area (Å²) in [5, 5.41) is 12.2. The van der Waals surface area contributed by atoms with Gasteiger partial charge >= 0.3 is 12.0 Å². The van der Waals surface area contributed by atoms with Gasteiger partial charge in [-0.2, -0.15) is 11.8 Å². The van der Waals surface area contributed by atoms with Crippen LogP contribution in [0.3, 0.4) is 0 Å². The number of hydrogen-bond donors (Lipinski definition) is 2. The van der Waals surface area contributed by atoms with Crippen molar-refractivity contribution in [3.8, 4) is 0 Å². The molecule has 0 saturated heterocycles. The highest BCUT2D eigenvalue weighted by Crippen LogP contribution is 2.29. The first-order valence-electron chi connectivity index (χ1n) is 6.38. The van der Waals surface area contributed by atoms with Crippen molar-refractivity contribution in [3.63, 3.8) is 0 Å². The van der Waals surface area contributed by atoms with Gasteiger partial charge in [-0.25, -0.2) is 4.79 Å². The molecule has 1 aliphatic rings. The Bertz CT molecular complexity index is 299. The Kier molecular flexibility index (Phi) is 6.32. The number of carboxylic acid groups (broad SMARTS) is 1. The van der Waals surface area contributed by atoms with Crippen LogP contribution in [0.2, 0.25) is 0 Å². The van der Waals surface area contributed by atoms with E-state index < -0.39 is 5.97 Å². The van der Waals surface area contributed by atoms with E-state index in [1.165, 1.54) is 4.90 Å². The Balaban J connectivity index is 2.25. The van der Waals surface area contributed by atoms with Gasteiger partial charge in [-0.1, -0.05) is 6.92 Å². The summed E-state index contributed by atoms with van der Waals surface area (Å²) in [5.74, 6) is 0.235. The Morgan fingerprint density at radius 3 is 2.78 bits per heavy atom. The molecule has 18 heavy (non-hydrogen) atoms. The molecule has 2 amide bonds. The van der Waals surface area contributed by atoms with Crippen LogP contribution in [-0.4, -0.2) is 52.6 Å². The lowest BCUT2D eigenvalue weighted by atomic mass is 10.2. The molecule has 0 aromatic carbocycles. The molecule has 5 nitrogen and oxygen atoms in total. The predicted molar refractivity (Wildman–Crippen MR) is 73.0 cm³/mol. The van der Waals surface area contributed by atoms with E-state index in [1.54, 1.807) is 7.05 Å². The molecule has 0 bridgehead atoms. The molecule has 1 rings (SSSR count). The van der Waals surface area contributed by atoms with Crippen LogP contribution in [-0.2, 0) is 4.79 Å². The van der Waals surface area contributed by atoms with Gasteiger partial charge in [0.15, 0.2) is 0 Å². The average molecular weight is 274 g/mol. The lowest BCUT2D eigenvalue weighted by Gasteiger charge is -2.20. The fourth-order valence-corrected chi connectivity index (χ4v) is 3.25. The average Bonchev–Trinajstić information content (AvgIpc) is 2.73. The lowest BCUT2D eigenvalue weighted by Crippen LogP contribution is -2.42. The molecule has 1 saturated carbocycles. The van der Waals surface area contributed by atoms with Crippen LogP contribution < -0.4 is 5.32 Å². The first-order valence-corrected chi connectivity index (χ1v) is 7.42. The van der Waals surface area contributed by atoms with E-state index in [1.807, 2.05) is 11.8 Å². The number of thioether (sulfide) groups is 1. The molecule has 1 aliphatic carbocycles. The highest BCUT2D eigenvalue weighted by atomic mass is 32.2. The van der Waals surface area contributed by atoms with Crippen molar-refractivity contribution >= 4 is 23.8 Å². The van der Waals surface area contributed by atoms with E-state index in [0.29, 0.717) is 5.25 Å².